The fourth-order valence-electron chi connectivity index (χ4n) is 0.431. The summed E-state index contributed by atoms with van der Waals surface area (Å²) in [4.78, 5) is 3.66. The van der Waals surface area contributed by atoms with Crippen LogP contribution in [0, 0.1) is 9.52 Å². The van der Waals surface area contributed by atoms with Crippen molar-refractivity contribution in [1.82, 2.24) is 4.98 Å². The van der Waals surface area contributed by atoms with E-state index in [-0.39, 0.29) is 5.82 Å². The lowest BCUT2D eigenvalue weighted by atomic mass is 10.5. The maximum absolute atomic E-state index is 12.4. The topological polar surface area (TPSA) is 38.9 Å². The number of rotatable bonds is 0. The van der Waals surface area contributed by atoms with Gasteiger partial charge in [-0.25, -0.2) is 9.37 Å². The molecule has 0 spiro atoms. The number of pyridine rings is 1. The molecule has 0 aromatic carbocycles. The van der Waals surface area contributed by atoms with E-state index in [0.29, 0.717) is 9.52 Å². The van der Waals surface area contributed by atoms with E-state index in [1.165, 1.54) is 12.1 Å². The van der Waals surface area contributed by atoms with Gasteiger partial charge < -0.3 is 5.73 Å². The molecule has 0 saturated heterocycles. The van der Waals surface area contributed by atoms with Gasteiger partial charge in [0, 0.05) is 0 Å². The van der Waals surface area contributed by atoms with Crippen molar-refractivity contribution in [2.45, 2.75) is 0 Å². The second-order valence-corrected chi connectivity index (χ2v) is 2.53. The third-order valence-electron chi connectivity index (χ3n) is 0.825. The zero-order chi connectivity index (χ0) is 6.85. The molecule has 2 N–H and O–H groups in total. The van der Waals surface area contributed by atoms with Crippen molar-refractivity contribution < 1.29 is 4.39 Å². The van der Waals surface area contributed by atoms with E-state index < -0.39 is 0 Å². The van der Waals surface area contributed by atoms with Crippen LogP contribution in [0.3, 0.4) is 0 Å². The first kappa shape index (κ1) is 6.73. The maximum atomic E-state index is 12.4. The number of halogens is 2. The minimum absolute atomic E-state index is 0.313. The quantitative estimate of drug-likeness (QED) is 0.548. The molecule has 0 aliphatic heterocycles. The number of aromatic nitrogens is 1. The number of nitrogens with two attached hydrogens (primary N) is 1. The number of hydrogen-bond acceptors (Lipinski definition) is 2. The Hall–Kier alpha value is -0.390. The first-order valence-corrected chi connectivity index (χ1v) is 3.35. The van der Waals surface area contributed by atoms with Crippen LogP contribution in [0.2, 0.25) is 0 Å². The van der Waals surface area contributed by atoms with Crippen LogP contribution in [0.5, 0.6) is 0 Å². The fraction of sp³-hybridized carbons (Fsp3) is 0. The van der Waals surface area contributed by atoms with E-state index in [4.69, 9.17) is 5.73 Å². The SMILES string of the molecule is Nc1ccc(F)c(I)n1. The third-order valence-corrected chi connectivity index (χ3v) is 1.58. The van der Waals surface area contributed by atoms with Crippen molar-refractivity contribution in [3.8, 4) is 0 Å². The van der Waals surface area contributed by atoms with Gasteiger partial charge in [-0.3, -0.25) is 0 Å². The molecule has 1 aromatic heterocycles. The van der Waals surface area contributed by atoms with Crippen molar-refractivity contribution in [3.05, 3.63) is 21.7 Å². The summed E-state index contributed by atoms with van der Waals surface area (Å²) in [5.41, 5.74) is 5.24. The van der Waals surface area contributed by atoms with E-state index in [2.05, 4.69) is 4.98 Å². The Morgan fingerprint density at radius 3 is 2.67 bits per heavy atom. The predicted octanol–water partition coefficient (Wildman–Crippen LogP) is 1.41. The minimum Gasteiger partial charge on any atom is -0.384 e. The highest BCUT2D eigenvalue weighted by Gasteiger charge is 1.97. The van der Waals surface area contributed by atoms with Crippen LogP contribution >= 0.6 is 22.6 Å². The van der Waals surface area contributed by atoms with Gasteiger partial charge in [-0.2, -0.15) is 0 Å². The number of anilines is 1. The second-order valence-electron chi connectivity index (χ2n) is 1.51. The number of hydrogen-bond donors (Lipinski definition) is 1. The van der Waals surface area contributed by atoms with E-state index in [1.54, 1.807) is 22.6 Å². The monoisotopic (exact) mass is 238 g/mol. The lowest BCUT2D eigenvalue weighted by Gasteiger charge is -1.92. The van der Waals surface area contributed by atoms with Crippen molar-refractivity contribution in [2.24, 2.45) is 0 Å². The van der Waals surface area contributed by atoms with Gasteiger partial charge >= 0.3 is 0 Å². The molecule has 1 rings (SSSR count). The van der Waals surface area contributed by atoms with Gasteiger partial charge in [0.15, 0.2) is 5.82 Å². The Morgan fingerprint density at radius 1 is 1.56 bits per heavy atom. The second kappa shape index (κ2) is 2.47. The molecule has 48 valence electrons. The molecular formula is C5H4FIN2. The van der Waals surface area contributed by atoms with Gasteiger partial charge in [-0.15, -0.1) is 0 Å². The highest BCUT2D eigenvalue weighted by atomic mass is 127. The molecule has 0 unspecified atom stereocenters. The Labute approximate surface area is 65.4 Å². The van der Waals surface area contributed by atoms with Crippen LogP contribution in [-0.2, 0) is 0 Å². The molecule has 0 radical (unpaired) electrons. The van der Waals surface area contributed by atoms with Gasteiger partial charge in [0.2, 0.25) is 0 Å². The summed E-state index contributed by atoms with van der Waals surface area (Å²) >= 11 is 1.78. The molecule has 9 heavy (non-hydrogen) atoms. The van der Waals surface area contributed by atoms with Crippen LogP contribution in [0.1, 0.15) is 0 Å². The lowest BCUT2D eigenvalue weighted by Crippen LogP contribution is -1.93. The van der Waals surface area contributed by atoms with Gasteiger partial charge in [0.25, 0.3) is 0 Å². The Kier molecular flexibility index (Phi) is 1.84. The molecule has 0 aliphatic carbocycles. The number of nitrogen functional groups attached to an aromatic ring is 1. The summed E-state index contributed by atoms with van der Waals surface area (Å²) < 4.78 is 12.7. The molecular weight excluding hydrogens is 234 g/mol. The minimum atomic E-state index is -0.329. The molecule has 0 atom stereocenters. The number of nitrogens with zero attached hydrogens (tertiary/aromatic N) is 1. The van der Waals surface area contributed by atoms with E-state index in [9.17, 15) is 4.39 Å². The van der Waals surface area contributed by atoms with Crippen molar-refractivity contribution >= 4 is 28.4 Å². The van der Waals surface area contributed by atoms with Crippen LogP contribution in [-0.4, -0.2) is 4.98 Å². The zero-order valence-electron chi connectivity index (χ0n) is 4.44. The van der Waals surface area contributed by atoms with Crippen LogP contribution in [0.25, 0.3) is 0 Å². The first-order chi connectivity index (χ1) is 4.20. The van der Waals surface area contributed by atoms with Crippen LogP contribution in [0.4, 0.5) is 10.2 Å². The van der Waals surface area contributed by atoms with Crippen molar-refractivity contribution in [2.75, 3.05) is 5.73 Å². The molecule has 0 fully saturated rings. The first-order valence-electron chi connectivity index (χ1n) is 2.27. The Bertz CT molecular complexity index is 226. The van der Waals surface area contributed by atoms with Gasteiger partial charge in [0.1, 0.15) is 9.52 Å². The average Bonchev–Trinajstić information content (AvgIpc) is 1.80. The summed E-state index contributed by atoms with van der Waals surface area (Å²) in [6.07, 6.45) is 0. The molecule has 0 amide bonds. The molecule has 0 saturated carbocycles. The van der Waals surface area contributed by atoms with E-state index in [0.717, 1.165) is 0 Å². The van der Waals surface area contributed by atoms with Crippen LogP contribution in [0.15, 0.2) is 12.1 Å². The van der Waals surface area contributed by atoms with Gasteiger partial charge in [-0.1, -0.05) is 0 Å². The van der Waals surface area contributed by atoms with Gasteiger partial charge in [0.05, 0.1) is 0 Å². The highest BCUT2D eigenvalue weighted by molar-refractivity contribution is 14.1. The molecule has 1 aromatic rings. The molecule has 0 aliphatic rings. The summed E-state index contributed by atoms with van der Waals surface area (Å²) in [6, 6.07) is 2.72. The standard InChI is InChI=1S/C5H4FIN2/c6-3-1-2-4(8)9-5(3)7/h1-2H,(H2,8,9). The van der Waals surface area contributed by atoms with Crippen molar-refractivity contribution in [3.63, 3.8) is 0 Å². The normalized spacial score (nSPS) is 9.56. The molecule has 1 heterocycles. The van der Waals surface area contributed by atoms with E-state index >= 15 is 0 Å². The van der Waals surface area contributed by atoms with Crippen molar-refractivity contribution in [1.29, 1.82) is 0 Å². The van der Waals surface area contributed by atoms with E-state index in [1.807, 2.05) is 0 Å². The smallest absolute Gasteiger partial charge is 0.155 e. The zero-order valence-corrected chi connectivity index (χ0v) is 6.59. The van der Waals surface area contributed by atoms with Crippen LogP contribution < -0.4 is 5.73 Å². The Balaban J connectivity index is 3.17. The third kappa shape index (κ3) is 1.51. The maximum Gasteiger partial charge on any atom is 0.155 e. The lowest BCUT2D eigenvalue weighted by molar-refractivity contribution is 0.612. The molecule has 2 nitrogen and oxygen atoms in total. The summed E-state index contributed by atoms with van der Waals surface area (Å²) in [5.74, 6) is 0.0191. The Morgan fingerprint density at radius 2 is 2.22 bits per heavy atom. The summed E-state index contributed by atoms with van der Waals surface area (Å²) in [6.45, 7) is 0. The fourth-order valence-corrected chi connectivity index (χ4v) is 0.890. The molecule has 4 heteroatoms. The molecule has 0 bridgehead atoms. The predicted molar refractivity (Wildman–Crippen MR) is 41.3 cm³/mol. The largest absolute Gasteiger partial charge is 0.384 e. The summed E-state index contributed by atoms with van der Waals surface area (Å²) in [7, 11) is 0. The average molecular weight is 238 g/mol. The highest BCUT2D eigenvalue weighted by Crippen LogP contribution is 2.08. The summed E-state index contributed by atoms with van der Waals surface area (Å²) in [5, 5.41) is 0. The van der Waals surface area contributed by atoms with Gasteiger partial charge in [-0.05, 0) is 34.7 Å².